The summed E-state index contributed by atoms with van der Waals surface area (Å²) in [5.74, 6) is -1.84. The van der Waals surface area contributed by atoms with Crippen LogP contribution < -0.4 is 10.6 Å². The number of carbonyl (C=O) groups is 4. The number of nitrogens with one attached hydrogen (secondary N) is 2. The van der Waals surface area contributed by atoms with Gasteiger partial charge in [0.25, 0.3) is 0 Å². The third-order valence-corrected chi connectivity index (χ3v) is 6.08. The standard InChI is InChI=1S/C30H41N3O6/c1-20(2)25(32-29(37)39-30(3,4)5)27(35)33(6)24(19-22-16-12-9-13-17-22)26(34)31-23(28(36)38-7)18-21-14-10-8-11-15-21/h8-17,20,23-25H,18-19H2,1-7H3,(H,31,34)(H,32,37)/t23-,24+,25-/m0/s1. The second kappa shape index (κ2) is 14.3. The maximum absolute atomic E-state index is 13.7. The summed E-state index contributed by atoms with van der Waals surface area (Å²) in [4.78, 5) is 53.8. The van der Waals surface area contributed by atoms with Gasteiger partial charge in [0.2, 0.25) is 11.8 Å². The second-order valence-corrected chi connectivity index (χ2v) is 10.8. The van der Waals surface area contributed by atoms with E-state index >= 15 is 0 Å². The highest BCUT2D eigenvalue weighted by atomic mass is 16.6. The molecule has 0 aromatic heterocycles. The molecule has 0 bridgehead atoms. The summed E-state index contributed by atoms with van der Waals surface area (Å²) in [5.41, 5.74) is 0.938. The lowest BCUT2D eigenvalue weighted by molar-refractivity contribution is -0.147. The molecule has 2 aromatic rings. The van der Waals surface area contributed by atoms with E-state index in [4.69, 9.17) is 9.47 Å². The molecule has 0 saturated heterocycles. The first-order valence-corrected chi connectivity index (χ1v) is 13.0. The van der Waals surface area contributed by atoms with Crippen LogP contribution in [0.5, 0.6) is 0 Å². The van der Waals surface area contributed by atoms with Crippen molar-refractivity contribution in [2.24, 2.45) is 5.92 Å². The van der Waals surface area contributed by atoms with Crippen LogP contribution in [0, 0.1) is 5.92 Å². The van der Waals surface area contributed by atoms with Crippen molar-refractivity contribution < 1.29 is 28.7 Å². The smallest absolute Gasteiger partial charge is 0.408 e. The molecule has 0 unspecified atom stereocenters. The Kier molecular flexibility index (Phi) is 11.5. The zero-order valence-electron chi connectivity index (χ0n) is 23.9. The Morgan fingerprint density at radius 3 is 1.82 bits per heavy atom. The fourth-order valence-corrected chi connectivity index (χ4v) is 4.02. The van der Waals surface area contributed by atoms with E-state index in [1.54, 1.807) is 34.6 Å². The average Bonchev–Trinajstić information content (AvgIpc) is 2.88. The molecule has 2 N–H and O–H groups in total. The van der Waals surface area contributed by atoms with E-state index in [9.17, 15) is 19.2 Å². The number of amides is 3. The maximum Gasteiger partial charge on any atom is 0.408 e. The summed E-state index contributed by atoms with van der Waals surface area (Å²) in [7, 11) is 2.78. The number of carbonyl (C=O) groups excluding carboxylic acids is 4. The van der Waals surface area contributed by atoms with Crippen molar-refractivity contribution >= 4 is 23.9 Å². The number of benzene rings is 2. The average molecular weight is 540 g/mol. The van der Waals surface area contributed by atoms with Crippen molar-refractivity contribution in [1.82, 2.24) is 15.5 Å². The number of esters is 1. The Balaban J connectivity index is 2.33. The molecule has 2 aromatic carbocycles. The van der Waals surface area contributed by atoms with Crippen LogP contribution in [-0.2, 0) is 36.7 Å². The van der Waals surface area contributed by atoms with Gasteiger partial charge >= 0.3 is 12.1 Å². The van der Waals surface area contributed by atoms with Gasteiger partial charge < -0.3 is 25.0 Å². The SMILES string of the molecule is COC(=O)[C@H](Cc1ccccc1)NC(=O)[C@@H](Cc1ccccc1)N(C)C(=O)[C@@H](NC(=O)OC(C)(C)C)C(C)C. The number of methoxy groups -OCH3 is 1. The van der Waals surface area contributed by atoms with Gasteiger partial charge in [-0.3, -0.25) is 9.59 Å². The van der Waals surface area contributed by atoms with Crippen molar-refractivity contribution in [1.29, 1.82) is 0 Å². The monoisotopic (exact) mass is 539 g/mol. The predicted octanol–water partition coefficient (Wildman–Crippen LogP) is 3.51. The van der Waals surface area contributed by atoms with Crippen LogP contribution in [0.2, 0.25) is 0 Å². The Bertz CT molecular complexity index is 1100. The molecule has 212 valence electrons. The fourth-order valence-electron chi connectivity index (χ4n) is 4.02. The van der Waals surface area contributed by atoms with Gasteiger partial charge in [0.05, 0.1) is 7.11 Å². The molecule has 9 heteroatoms. The van der Waals surface area contributed by atoms with E-state index in [1.807, 2.05) is 60.7 Å². The highest BCUT2D eigenvalue weighted by molar-refractivity contribution is 5.93. The summed E-state index contributed by atoms with van der Waals surface area (Å²) in [6, 6.07) is 15.7. The van der Waals surface area contributed by atoms with Gasteiger partial charge in [-0.05, 0) is 37.8 Å². The molecule has 0 aliphatic heterocycles. The van der Waals surface area contributed by atoms with E-state index in [1.165, 1.54) is 19.1 Å². The Morgan fingerprint density at radius 2 is 1.36 bits per heavy atom. The second-order valence-electron chi connectivity index (χ2n) is 10.8. The van der Waals surface area contributed by atoms with Crippen molar-refractivity contribution in [2.45, 2.75) is 71.2 Å². The summed E-state index contributed by atoms with van der Waals surface area (Å²) in [6.07, 6.45) is -0.296. The lowest BCUT2D eigenvalue weighted by Gasteiger charge is -2.33. The quantitative estimate of drug-likeness (QED) is 0.423. The first-order chi connectivity index (χ1) is 18.3. The third-order valence-electron chi connectivity index (χ3n) is 6.08. The number of alkyl carbamates (subject to hydrolysis) is 1. The van der Waals surface area contributed by atoms with Crippen molar-refractivity contribution in [3.05, 3.63) is 71.8 Å². The molecule has 0 heterocycles. The molecule has 3 amide bonds. The van der Waals surface area contributed by atoms with E-state index in [0.717, 1.165) is 11.1 Å². The Hall–Kier alpha value is -3.88. The van der Waals surface area contributed by atoms with Crippen molar-refractivity contribution in [2.75, 3.05) is 14.2 Å². The van der Waals surface area contributed by atoms with Crippen LogP contribution >= 0.6 is 0 Å². The number of hydrogen-bond acceptors (Lipinski definition) is 6. The van der Waals surface area contributed by atoms with E-state index in [2.05, 4.69) is 10.6 Å². The number of likely N-dealkylation sites (N-methyl/N-ethyl adjacent to an activating group) is 1. The van der Waals surface area contributed by atoms with Crippen molar-refractivity contribution in [3.63, 3.8) is 0 Å². The molecule has 3 atom stereocenters. The molecule has 0 radical (unpaired) electrons. The molecular weight excluding hydrogens is 498 g/mol. The van der Waals surface area contributed by atoms with E-state index in [0.29, 0.717) is 0 Å². The zero-order valence-corrected chi connectivity index (χ0v) is 23.9. The molecule has 2 rings (SSSR count). The number of rotatable bonds is 11. The molecule has 0 aliphatic rings. The normalized spacial score (nSPS) is 13.5. The molecule has 0 fully saturated rings. The van der Waals surface area contributed by atoms with Crippen LogP contribution in [0.4, 0.5) is 4.79 Å². The summed E-state index contributed by atoms with van der Waals surface area (Å²) in [6.45, 7) is 8.80. The molecule has 0 aliphatic carbocycles. The van der Waals surface area contributed by atoms with Crippen LogP contribution in [0.15, 0.2) is 60.7 Å². The molecule has 9 nitrogen and oxygen atoms in total. The zero-order chi connectivity index (χ0) is 29.2. The van der Waals surface area contributed by atoms with Gasteiger partial charge in [-0.1, -0.05) is 74.5 Å². The number of nitrogens with zero attached hydrogens (tertiary/aromatic N) is 1. The molecule has 0 spiro atoms. The van der Waals surface area contributed by atoms with Crippen LogP contribution in [0.25, 0.3) is 0 Å². The minimum Gasteiger partial charge on any atom is -0.467 e. The van der Waals surface area contributed by atoms with Crippen LogP contribution in [0.3, 0.4) is 0 Å². The first-order valence-electron chi connectivity index (χ1n) is 13.0. The van der Waals surface area contributed by atoms with Crippen LogP contribution in [0.1, 0.15) is 45.7 Å². The largest absolute Gasteiger partial charge is 0.467 e. The fraction of sp³-hybridized carbons (Fsp3) is 0.467. The van der Waals surface area contributed by atoms with Gasteiger partial charge in [0, 0.05) is 19.9 Å². The first kappa shape index (κ1) is 31.3. The highest BCUT2D eigenvalue weighted by Crippen LogP contribution is 2.15. The van der Waals surface area contributed by atoms with Gasteiger partial charge in [0.15, 0.2) is 0 Å². The topological polar surface area (TPSA) is 114 Å². The number of ether oxygens (including phenoxy) is 2. The van der Waals surface area contributed by atoms with Crippen molar-refractivity contribution in [3.8, 4) is 0 Å². The van der Waals surface area contributed by atoms with Gasteiger partial charge in [-0.25, -0.2) is 9.59 Å². The minimum atomic E-state index is -0.968. The summed E-state index contributed by atoms with van der Waals surface area (Å²) in [5, 5.41) is 5.45. The van der Waals surface area contributed by atoms with E-state index < -0.39 is 47.6 Å². The number of hydrogen-bond donors (Lipinski definition) is 2. The Morgan fingerprint density at radius 1 is 0.846 bits per heavy atom. The lowest BCUT2D eigenvalue weighted by atomic mass is 9.99. The lowest BCUT2D eigenvalue weighted by Crippen LogP contribution is -2.58. The molecule has 39 heavy (non-hydrogen) atoms. The Labute approximate surface area is 231 Å². The minimum absolute atomic E-state index is 0.200. The van der Waals surface area contributed by atoms with Crippen LogP contribution in [-0.4, -0.2) is 66.7 Å². The highest BCUT2D eigenvalue weighted by Gasteiger charge is 2.36. The van der Waals surface area contributed by atoms with Gasteiger partial charge in [0.1, 0.15) is 23.7 Å². The summed E-state index contributed by atoms with van der Waals surface area (Å²) < 4.78 is 10.3. The predicted molar refractivity (Wildman–Crippen MR) is 149 cm³/mol. The molecule has 0 saturated carbocycles. The molecular formula is C30H41N3O6. The van der Waals surface area contributed by atoms with E-state index in [-0.39, 0.29) is 18.8 Å². The maximum atomic E-state index is 13.7. The van der Waals surface area contributed by atoms with Gasteiger partial charge in [-0.15, -0.1) is 0 Å². The summed E-state index contributed by atoms with van der Waals surface area (Å²) >= 11 is 0. The third kappa shape index (κ3) is 10.1. The van der Waals surface area contributed by atoms with Gasteiger partial charge in [-0.2, -0.15) is 0 Å².